The normalized spacial score (nSPS) is 11.4. The summed E-state index contributed by atoms with van der Waals surface area (Å²) in [5.41, 5.74) is 7.42. The van der Waals surface area contributed by atoms with Gasteiger partial charge in [-0.05, 0) is 24.6 Å². The first-order valence-corrected chi connectivity index (χ1v) is 7.01. The highest BCUT2D eigenvalue weighted by atomic mass is 32.1. The van der Waals surface area contributed by atoms with Gasteiger partial charge in [0.05, 0.1) is 22.0 Å². The maximum absolute atomic E-state index is 10.5. The van der Waals surface area contributed by atoms with Crippen LogP contribution in [-0.4, -0.2) is 15.7 Å². The Labute approximate surface area is 125 Å². The van der Waals surface area contributed by atoms with E-state index in [0.29, 0.717) is 12.3 Å². The first kappa shape index (κ1) is 14.9. The predicted molar refractivity (Wildman–Crippen MR) is 80.1 cm³/mol. The van der Waals surface area contributed by atoms with Crippen molar-refractivity contribution >= 4 is 22.9 Å². The fourth-order valence-corrected chi connectivity index (χ4v) is 2.22. The van der Waals surface area contributed by atoms with Crippen LogP contribution in [0.25, 0.3) is 0 Å². The highest BCUT2D eigenvalue weighted by Crippen LogP contribution is 2.12. The second-order valence-electron chi connectivity index (χ2n) is 4.31. The van der Waals surface area contributed by atoms with E-state index >= 15 is 0 Å². The van der Waals surface area contributed by atoms with Gasteiger partial charge >= 0.3 is 0 Å². The zero-order chi connectivity index (χ0) is 15.2. The minimum atomic E-state index is -0.448. The smallest absolute Gasteiger partial charge is 0.269 e. The summed E-state index contributed by atoms with van der Waals surface area (Å²) in [7, 11) is 0. The molecule has 2 rings (SSSR count). The fourth-order valence-electron chi connectivity index (χ4n) is 1.61. The van der Waals surface area contributed by atoms with Crippen LogP contribution in [0.5, 0.6) is 0 Å². The number of non-ortho nitro benzene ring substituents is 1. The van der Waals surface area contributed by atoms with Crippen LogP contribution in [0.15, 0.2) is 34.8 Å². The lowest BCUT2D eigenvalue weighted by molar-refractivity contribution is -0.384. The van der Waals surface area contributed by atoms with Gasteiger partial charge in [0.25, 0.3) is 5.69 Å². The molecule has 0 aliphatic rings. The summed E-state index contributed by atoms with van der Waals surface area (Å²) in [5, 5.41) is 17.2. The molecule has 2 N–H and O–H groups in total. The zero-order valence-electron chi connectivity index (χ0n) is 11.4. The van der Waals surface area contributed by atoms with Gasteiger partial charge in [-0.3, -0.25) is 10.1 Å². The first-order chi connectivity index (χ1) is 10.0. The molecule has 7 nitrogen and oxygen atoms in total. The van der Waals surface area contributed by atoms with E-state index < -0.39 is 4.92 Å². The van der Waals surface area contributed by atoms with Crippen molar-refractivity contribution in [3.8, 4) is 0 Å². The van der Waals surface area contributed by atoms with Crippen molar-refractivity contribution in [2.75, 3.05) is 0 Å². The van der Waals surface area contributed by atoms with Crippen LogP contribution >= 0.6 is 11.3 Å². The van der Waals surface area contributed by atoms with Gasteiger partial charge in [-0.1, -0.05) is 5.16 Å². The zero-order valence-corrected chi connectivity index (χ0v) is 12.2. The number of oxime groups is 1. The van der Waals surface area contributed by atoms with Crippen LogP contribution in [0, 0.1) is 17.0 Å². The molecule has 1 aromatic heterocycles. The van der Waals surface area contributed by atoms with Gasteiger partial charge in [0.15, 0.2) is 0 Å². The van der Waals surface area contributed by atoms with E-state index in [1.807, 2.05) is 12.3 Å². The number of amidine groups is 1. The molecular formula is C13H14N4O3S. The van der Waals surface area contributed by atoms with E-state index in [4.69, 9.17) is 10.6 Å². The Hall–Kier alpha value is -2.48. The first-order valence-electron chi connectivity index (χ1n) is 6.13. The van der Waals surface area contributed by atoms with E-state index in [1.54, 1.807) is 23.5 Å². The number of hydrogen-bond acceptors (Lipinski definition) is 6. The van der Waals surface area contributed by atoms with Gasteiger partial charge in [0.1, 0.15) is 12.4 Å². The number of thiazole rings is 1. The van der Waals surface area contributed by atoms with E-state index in [0.717, 1.165) is 16.3 Å². The monoisotopic (exact) mass is 306 g/mol. The summed E-state index contributed by atoms with van der Waals surface area (Å²) < 4.78 is 0. The number of nitro groups is 1. The standard InChI is InChI=1S/C13H14N4O3S/c1-9-15-11(8-21-9)6-13(14)16-20-7-10-2-4-12(5-3-10)17(18)19/h2-5,8H,6-7H2,1H3,(H2,14,16). The Morgan fingerprint density at radius 2 is 2.19 bits per heavy atom. The van der Waals surface area contributed by atoms with Crippen LogP contribution in [0.1, 0.15) is 16.3 Å². The SMILES string of the molecule is Cc1nc(CC(N)=NOCc2ccc([N+](=O)[O-])cc2)cs1. The van der Waals surface area contributed by atoms with Crippen molar-refractivity contribution < 1.29 is 9.76 Å². The molecule has 0 atom stereocenters. The van der Waals surface area contributed by atoms with E-state index in [1.165, 1.54) is 12.1 Å². The molecule has 0 aliphatic carbocycles. The lowest BCUT2D eigenvalue weighted by Crippen LogP contribution is -2.15. The topological polar surface area (TPSA) is 104 Å². The van der Waals surface area contributed by atoms with Crippen molar-refractivity contribution in [2.45, 2.75) is 20.0 Å². The molecule has 0 fully saturated rings. The Kier molecular flexibility index (Phi) is 4.83. The molecule has 0 bridgehead atoms. The largest absolute Gasteiger partial charge is 0.390 e. The van der Waals surface area contributed by atoms with Crippen LogP contribution in [0.3, 0.4) is 0 Å². The number of nitro benzene ring substituents is 1. The van der Waals surface area contributed by atoms with Crippen LogP contribution in [-0.2, 0) is 17.9 Å². The summed E-state index contributed by atoms with van der Waals surface area (Å²) in [5.74, 6) is 0.335. The maximum atomic E-state index is 10.5. The van der Waals surface area contributed by atoms with Gasteiger partial charge in [-0.15, -0.1) is 11.3 Å². The molecule has 2 aromatic rings. The number of aromatic nitrogens is 1. The molecule has 0 saturated heterocycles. The highest BCUT2D eigenvalue weighted by Gasteiger charge is 2.04. The molecule has 0 aliphatic heterocycles. The quantitative estimate of drug-likeness (QED) is 0.382. The average molecular weight is 306 g/mol. The maximum Gasteiger partial charge on any atom is 0.269 e. The van der Waals surface area contributed by atoms with E-state index in [9.17, 15) is 10.1 Å². The molecule has 0 unspecified atom stereocenters. The van der Waals surface area contributed by atoms with E-state index in [-0.39, 0.29) is 12.3 Å². The second kappa shape index (κ2) is 6.80. The van der Waals surface area contributed by atoms with Gasteiger partial charge < -0.3 is 10.6 Å². The number of rotatable bonds is 6. The molecule has 21 heavy (non-hydrogen) atoms. The Morgan fingerprint density at radius 3 is 2.76 bits per heavy atom. The van der Waals surface area contributed by atoms with Crippen molar-refractivity contribution in [1.29, 1.82) is 0 Å². The Bertz CT molecular complexity index is 652. The third-order valence-electron chi connectivity index (χ3n) is 2.59. The third kappa shape index (κ3) is 4.53. The Morgan fingerprint density at radius 1 is 1.48 bits per heavy atom. The number of benzene rings is 1. The number of hydrogen-bond donors (Lipinski definition) is 1. The fraction of sp³-hybridized carbons (Fsp3) is 0.231. The molecule has 0 spiro atoms. The molecule has 8 heteroatoms. The number of nitrogens with two attached hydrogens (primary N) is 1. The van der Waals surface area contributed by atoms with E-state index in [2.05, 4.69) is 10.1 Å². The average Bonchev–Trinajstić information content (AvgIpc) is 2.84. The molecule has 1 aromatic carbocycles. The molecular weight excluding hydrogens is 292 g/mol. The van der Waals surface area contributed by atoms with Crippen LogP contribution in [0.2, 0.25) is 0 Å². The number of aryl methyl sites for hydroxylation is 1. The number of nitrogens with zero attached hydrogens (tertiary/aromatic N) is 3. The molecule has 0 saturated carbocycles. The molecule has 1 heterocycles. The van der Waals surface area contributed by atoms with Crippen LogP contribution in [0.4, 0.5) is 5.69 Å². The van der Waals surface area contributed by atoms with Crippen LogP contribution < -0.4 is 5.73 Å². The summed E-state index contributed by atoms with van der Waals surface area (Å²) >= 11 is 1.55. The summed E-state index contributed by atoms with van der Waals surface area (Å²) in [6.07, 6.45) is 0.435. The lowest BCUT2D eigenvalue weighted by atomic mass is 10.2. The summed E-state index contributed by atoms with van der Waals surface area (Å²) in [4.78, 5) is 19.5. The highest BCUT2D eigenvalue weighted by molar-refractivity contribution is 7.09. The molecule has 0 radical (unpaired) electrons. The molecule has 0 amide bonds. The van der Waals surface area contributed by atoms with Gasteiger partial charge in [0, 0.05) is 17.5 Å². The van der Waals surface area contributed by atoms with Crippen molar-refractivity contribution in [1.82, 2.24) is 4.98 Å². The van der Waals surface area contributed by atoms with Crippen molar-refractivity contribution in [2.24, 2.45) is 10.9 Å². The molecule has 110 valence electrons. The van der Waals surface area contributed by atoms with Crippen molar-refractivity contribution in [3.05, 3.63) is 56.0 Å². The predicted octanol–water partition coefficient (Wildman–Crippen LogP) is 2.39. The third-order valence-corrected chi connectivity index (χ3v) is 3.41. The van der Waals surface area contributed by atoms with Gasteiger partial charge in [0.2, 0.25) is 0 Å². The second-order valence-corrected chi connectivity index (χ2v) is 5.38. The Balaban J connectivity index is 1.84. The minimum absolute atomic E-state index is 0.0423. The minimum Gasteiger partial charge on any atom is -0.390 e. The van der Waals surface area contributed by atoms with Gasteiger partial charge in [-0.2, -0.15) is 0 Å². The lowest BCUT2D eigenvalue weighted by Gasteiger charge is -2.01. The summed E-state index contributed by atoms with van der Waals surface area (Å²) in [6, 6.07) is 6.08. The van der Waals surface area contributed by atoms with Crippen molar-refractivity contribution in [3.63, 3.8) is 0 Å². The van der Waals surface area contributed by atoms with Gasteiger partial charge in [-0.25, -0.2) is 4.98 Å². The summed E-state index contributed by atoms with van der Waals surface area (Å²) in [6.45, 7) is 2.13.